The molecule has 0 unspecified atom stereocenters. The molecule has 0 bridgehead atoms. The molecule has 1 aromatic heterocycles. The molecule has 0 radical (unpaired) electrons. The number of carbonyl (C=O) groups excluding carboxylic acids is 2. The van der Waals surface area contributed by atoms with Gasteiger partial charge in [0.15, 0.2) is 0 Å². The van der Waals surface area contributed by atoms with Crippen molar-refractivity contribution in [1.82, 2.24) is 9.88 Å². The van der Waals surface area contributed by atoms with E-state index in [-0.39, 0.29) is 17.8 Å². The van der Waals surface area contributed by atoms with Gasteiger partial charge in [-0.2, -0.15) is 0 Å². The molecular formula is C18H22N2O3. The first-order valence-electron chi connectivity index (χ1n) is 7.54. The van der Waals surface area contributed by atoms with Gasteiger partial charge in [-0.3, -0.25) is 14.6 Å². The van der Waals surface area contributed by atoms with Gasteiger partial charge in [0, 0.05) is 19.0 Å². The Balaban J connectivity index is 2.28. The van der Waals surface area contributed by atoms with Crippen LogP contribution in [0.4, 0.5) is 0 Å². The number of aromatic nitrogens is 1. The minimum Gasteiger partial charge on any atom is -0.469 e. The van der Waals surface area contributed by atoms with Crippen molar-refractivity contribution in [3.05, 3.63) is 41.1 Å². The average Bonchev–Trinajstić information content (AvgIpc) is 2.52. The molecule has 0 aliphatic carbocycles. The summed E-state index contributed by atoms with van der Waals surface area (Å²) in [5.74, 6) is -0.841. The third-order valence-corrected chi connectivity index (χ3v) is 3.89. The summed E-state index contributed by atoms with van der Waals surface area (Å²) in [6.07, 6.45) is 0. The fourth-order valence-corrected chi connectivity index (χ4v) is 2.56. The van der Waals surface area contributed by atoms with Gasteiger partial charge in [0.2, 0.25) is 0 Å². The Hall–Kier alpha value is -2.43. The second-order valence-electron chi connectivity index (χ2n) is 5.93. The number of pyridine rings is 1. The number of hydrogen-bond acceptors (Lipinski definition) is 4. The molecule has 5 heteroatoms. The molecule has 0 N–H and O–H groups in total. The van der Waals surface area contributed by atoms with Gasteiger partial charge in [-0.1, -0.05) is 19.1 Å². The predicted molar refractivity (Wildman–Crippen MR) is 89.4 cm³/mol. The number of nitrogens with zero attached hydrogens (tertiary/aromatic N) is 2. The van der Waals surface area contributed by atoms with Crippen molar-refractivity contribution in [2.75, 3.05) is 20.7 Å². The van der Waals surface area contributed by atoms with Crippen molar-refractivity contribution in [2.45, 2.75) is 20.8 Å². The zero-order chi connectivity index (χ0) is 17.1. The summed E-state index contributed by atoms with van der Waals surface area (Å²) < 4.78 is 4.70. The van der Waals surface area contributed by atoms with Crippen LogP contribution < -0.4 is 0 Å². The minimum absolute atomic E-state index is 0.145. The molecule has 0 fully saturated rings. The van der Waals surface area contributed by atoms with Crippen molar-refractivity contribution >= 4 is 22.8 Å². The van der Waals surface area contributed by atoms with Crippen LogP contribution >= 0.6 is 0 Å². The van der Waals surface area contributed by atoms with Gasteiger partial charge in [-0.05, 0) is 31.5 Å². The van der Waals surface area contributed by atoms with Crippen molar-refractivity contribution in [3.63, 3.8) is 0 Å². The van der Waals surface area contributed by atoms with Gasteiger partial charge in [0.25, 0.3) is 5.91 Å². The fourth-order valence-electron chi connectivity index (χ4n) is 2.56. The number of methoxy groups -OCH3 is 1. The van der Waals surface area contributed by atoms with Gasteiger partial charge in [0.05, 0.1) is 29.8 Å². The average molecular weight is 314 g/mol. The summed E-state index contributed by atoms with van der Waals surface area (Å²) in [4.78, 5) is 30.2. The molecule has 5 nitrogen and oxygen atoms in total. The summed E-state index contributed by atoms with van der Waals surface area (Å²) in [5, 5.41) is 0.930. The smallest absolute Gasteiger partial charge is 0.310 e. The topological polar surface area (TPSA) is 59.5 Å². The maximum atomic E-state index is 12.7. The number of hydrogen-bond donors (Lipinski definition) is 0. The number of esters is 1. The molecule has 2 aromatic rings. The molecule has 1 amide bonds. The van der Waals surface area contributed by atoms with E-state index in [2.05, 4.69) is 4.98 Å². The van der Waals surface area contributed by atoms with E-state index >= 15 is 0 Å². The Morgan fingerprint density at radius 2 is 1.96 bits per heavy atom. The van der Waals surface area contributed by atoms with Crippen LogP contribution in [0.1, 0.15) is 28.5 Å². The van der Waals surface area contributed by atoms with Crippen LogP contribution in [0.25, 0.3) is 10.9 Å². The molecule has 0 saturated heterocycles. The Kier molecular flexibility index (Phi) is 4.98. The summed E-state index contributed by atoms with van der Waals surface area (Å²) in [6, 6.07) is 7.82. The lowest BCUT2D eigenvalue weighted by Crippen LogP contribution is -2.34. The van der Waals surface area contributed by atoms with E-state index in [9.17, 15) is 9.59 Å². The second-order valence-corrected chi connectivity index (χ2v) is 5.93. The summed E-state index contributed by atoms with van der Waals surface area (Å²) in [5.41, 5.74) is 3.25. The van der Waals surface area contributed by atoms with Crippen molar-refractivity contribution < 1.29 is 14.3 Å². The number of fused-ring (bicyclic) bond motifs is 1. The van der Waals surface area contributed by atoms with E-state index in [0.717, 1.165) is 16.5 Å². The van der Waals surface area contributed by atoms with Crippen LogP contribution in [0.3, 0.4) is 0 Å². The normalized spacial score (nSPS) is 12.0. The third-order valence-electron chi connectivity index (χ3n) is 3.89. The number of benzene rings is 1. The van der Waals surface area contributed by atoms with Crippen molar-refractivity contribution in [3.8, 4) is 0 Å². The van der Waals surface area contributed by atoms with Crippen molar-refractivity contribution in [1.29, 1.82) is 0 Å². The molecule has 23 heavy (non-hydrogen) atoms. The number of aryl methyl sites for hydroxylation is 2. The lowest BCUT2D eigenvalue weighted by atomic mass is 10.1. The van der Waals surface area contributed by atoms with Crippen LogP contribution in [-0.4, -0.2) is 42.5 Å². The van der Waals surface area contributed by atoms with E-state index in [1.165, 1.54) is 12.0 Å². The zero-order valence-corrected chi connectivity index (χ0v) is 14.2. The lowest BCUT2D eigenvalue weighted by Gasteiger charge is -2.21. The van der Waals surface area contributed by atoms with E-state index in [1.54, 1.807) is 14.0 Å². The van der Waals surface area contributed by atoms with Crippen molar-refractivity contribution in [2.24, 2.45) is 5.92 Å². The number of rotatable bonds is 4. The quantitative estimate of drug-likeness (QED) is 0.814. The second kappa shape index (κ2) is 6.77. The monoisotopic (exact) mass is 314 g/mol. The SMILES string of the molecule is COC(=O)[C@@H](C)CN(C)C(=O)c1cc2ccc(C)cc2nc1C. The predicted octanol–water partition coefficient (Wildman–Crippen LogP) is 2.73. The number of ether oxygens (including phenoxy) is 1. The molecular weight excluding hydrogens is 292 g/mol. The minimum atomic E-state index is -0.370. The van der Waals surface area contributed by atoms with Crippen LogP contribution in [0.15, 0.2) is 24.3 Å². The molecule has 1 atom stereocenters. The van der Waals surface area contributed by atoms with Gasteiger partial charge >= 0.3 is 5.97 Å². The Morgan fingerprint density at radius 1 is 1.26 bits per heavy atom. The highest BCUT2D eigenvalue weighted by atomic mass is 16.5. The molecule has 0 aliphatic heterocycles. The number of carbonyl (C=O) groups is 2. The molecule has 2 rings (SSSR count). The molecule has 0 aliphatic rings. The number of amides is 1. The van der Waals surface area contributed by atoms with Crippen LogP contribution in [0.5, 0.6) is 0 Å². The van der Waals surface area contributed by atoms with Gasteiger partial charge in [0.1, 0.15) is 0 Å². The van der Waals surface area contributed by atoms with E-state index in [0.29, 0.717) is 17.8 Å². The van der Waals surface area contributed by atoms with Gasteiger partial charge in [-0.15, -0.1) is 0 Å². The molecule has 0 saturated carbocycles. The van der Waals surface area contributed by atoms with E-state index < -0.39 is 0 Å². The lowest BCUT2D eigenvalue weighted by molar-refractivity contribution is -0.145. The maximum Gasteiger partial charge on any atom is 0.310 e. The molecule has 0 spiro atoms. The Labute approximate surface area is 136 Å². The Bertz CT molecular complexity index is 755. The van der Waals surface area contributed by atoms with E-state index in [1.807, 2.05) is 38.1 Å². The summed E-state index contributed by atoms with van der Waals surface area (Å²) in [7, 11) is 3.03. The van der Waals surface area contributed by atoms with E-state index in [4.69, 9.17) is 4.74 Å². The first-order chi connectivity index (χ1) is 10.8. The largest absolute Gasteiger partial charge is 0.469 e. The highest BCUT2D eigenvalue weighted by Gasteiger charge is 2.21. The van der Waals surface area contributed by atoms with Crippen LogP contribution in [0, 0.1) is 19.8 Å². The maximum absolute atomic E-state index is 12.7. The first-order valence-corrected chi connectivity index (χ1v) is 7.54. The van der Waals surface area contributed by atoms with Gasteiger partial charge in [-0.25, -0.2) is 0 Å². The van der Waals surface area contributed by atoms with Crippen LogP contribution in [0.2, 0.25) is 0 Å². The van der Waals surface area contributed by atoms with Gasteiger partial charge < -0.3 is 9.64 Å². The standard InChI is InChI=1S/C18H22N2O3/c1-11-6-7-14-9-15(13(3)19-16(14)8-11)17(21)20(4)10-12(2)18(22)23-5/h6-9,12H,10H2,1-5H3/t12-/m0/s1. The Morgan fingerprint density at radius 3 is 2.61 bits per heavy atom. The van der Waals surface area contributed by atoms with Crippen LogP contribution in [-0.2, 0) is 9.53 Å². The third kappa shape index (κ3) is 3.67. The fraction of sp³-hybridized carbons (Fsp3) is 0.389. The summed E-state index contributed by atoms with van der Waals surface area (Å²) in [6.45, 7) is 5.88. The molecule has 1 aromatic carbocycles. The highest BCUT2D eigenvalue weighted by Crippen LogP contribution is 2.19. The first kappa shape index (κ1) is 16.9. The summed E-state index contributed by atoms with van der Waals surface area (Å²) >= 11 is 0. The molecule has 1 heterocycles. The zero-order valence-electron chi connectivity index (χ0n) is 14.2. The highest BCUT2D eigenvalue weighted by molar-refractivity contribution is 5.98. The molecule has 122 valence electrons.